The molecule has 2 rings (SSSR count). The molecule has 268 valence electrons. The van der Waals surface area contributed by atoms with Crippen molar-refractivity contribution < 1.29 is 54.4 Å². The van der Waals surface area contributed by atoms with E-state index in [1.165, 1.54) is 6.08 Å². The van der Waals surface area contributed by atoms with Gasteiger partial charge in [0.2, 0.25) is 11.7 Å². The first-order valence-corrected chi connectivity index (χ1v) is 16.0. The average Bonchev–Trinajstić information content (AvgIpc) is 3.41. The Morgan fingerprint density at radius 2 is 1.69 bits per heavy atom. The molecule has 0 radical (unpaired) electrons. The van der Waals surface area contributed by atoms with Crippen molar-refractivity contribution in [3.63, 3.8) is 0 Å². The average molecular weight is 676 g/mol. The predicted molar refractivity (Wildman–Crippen MR) is 180 cm³/mol. The molecule has 2 heterocycles. The van der Waals surface area contributed by atoms with Crippen molar-refractivity contribution in [1.82, 2.24) is 5.32 Å². The van der Waals surface area contributed by atoms with Gasteiger partial charge in [-0.15, -0.1) is 0 Å². The van der Waals surface area contributed by atoms with Gasteiger partial charge in [0, 0.05) is 37.5 Å². The highest BCUT2D eigenvalue weighted by molar-refractivity contribution is 5.80. The third-order valence-electron chi connectivity index (χ3n) is 8.84. The minimum absolute atomic E-state index is 0.0314. The van der Waals surface area contributed by atoms with E-state index in [-0.39, 0.29) is 24.7 Å². The summed E-state index contributed by atoms with van der Waals surface area (Å²) in [5, 5.41) is 64.8. The molecule has 2 aliphatic rings. The number of carboxylic acids is 1. The number of aliphatic hydroxyl groups excluding tert-OH is 4. The van der Waals surface area contributed by atoms with Gasteiger partial charge in [0.15, 0.2) is 0 Å². The Balaban J connectivity index is 2.01. The van der Waals surface area contributed by atoms with E-state index in [4.69, 9.17) is 19.3 Å². The zero-order valence-corrected chi connectivity index (χ0v) is 28.5. The highest BCUT2D eigenvalue weighted by Crippen LogP contribution is 2.44. The lowest BCUT2D eigenvalue weighted by molar-refractivity contribution is -0.361. The molecule has 0 aromatic heterocycles. The number of carboxylic acid groups (broad SMARTS) is 1. The molecule has 10 atom stereocenters. The van der Waals surface area contributed by atoms with Gasteiger partial charge in [-0.25, -0.2) is 4.79 Å². The summed E-state index contributed by atoms with van der Waals surface area (Å²) in [6.45, 7) is 8.20. The Morgan fingerprint density at radius 3 is 2.31 bits per heavy atom. The fourth-order valence-corrected chi connectivity index (χ4v) is 5.83. The Hall–Kier alpha value is -3.20. The van der Waals surface area contributed by atoms with Gasteiger partial charge in [-0.05, 0) is 19.4 Å². The molecular weight excluding hydrogens is 622 g/mol. The number of hydrogen-bond donors (Lipinski definition) is 7. The van der Waals surface area contributed by atoms with Crippen LogP contribution in [0, 0.1) is 17.3 Å². The van der Waals surface area contributed by atoms with Gasteiger partial charge in [0.25, 0.3) is 0 Å². The summed E-state index contributed by atoms with van der Waals surface area (Å²) in [4.78, 5) is 23.6. The van der Waals surface area contributed by atoms with Crippen molar-refractivity contribution in [3.8, 4) is 0 Å². The van der Waals surface area contributed by atoms with Crippen LogP contribution >= 0.6 is 0 Å². The number of methoxy groups -OCH3 is 1. The van der Waals surface area contributed by atoms with Crippen molar-refractivity contribution in [2.45, 2.75) is 89.6 Å². The molecule has 12 nitrogen and oxygen atoms in total. The van der Waals surface area contributed by atoms with Crippen LogP contribution in [-0.4, -0.2) is 111 Å². The monoisotopic (exact) mass is 675 g/mol. The molecule has 5 unspecified atom stereocenters. The molecule has 0 aromatic rings. The van der Waals surface area contributed by atoms with Gasteiger partial charge in [-0.2, -0.15) is 0 Å². The van der Waals surface area contributed by atoms with Crippen LogP contribution in [-0.2, 0) is 23.8 Å². The fraction of sp³-hybridized carbons (Fsp3) is 0.556. The second-order valence-electron chi connectivity index (χ2n) is 12.7. The maximum Gasteiger partial charge on any atom is 0.328 e. The zero-order valence-electron chi connectivity index (χ0n) is 28.5. The summed E-state index contributed by atoms with van der Waals surface area (Å²) in [5.41, 5.74) is -0.137. The van der Waals surface area contributed by atoms with Crippen molar-refractivity contribution in [2.24, 2.45) is 17.3 Å². The van der Waals surface area contributed by atoms with Crippen molar-refractivity contribution in [1.29, 1.82) is 0 Å². The molecule has 1 amide bonds. The van der Waals surface area contributed by atoms with Crippen molar-refractivity contribution in [2.75, 3.05) is 20.3 Å². The molecular formula is C36H53NO11. The Labute approximate surface area is 283 Å². The van der Waals surface area contributed by atoms with E-state index in [1.807, 2.05) is 26.8 Å². The fourth-order valence-electron chi connectivity index (χ4n) is 5.83. The third-order valence-corrected chi connectivity index (χ3v) is 8.84. The molecule has 2 aliphatic heterocycles. The molecule has 7 N–H and O–H groups in total. The van der Waals surface area contributed by atoms with Crippen LogP contribution in [0.1, 0.15) is 41.0 Å². The van der Waals surface area contributed by atoms with Gasteiger partial charge < -0.3 is 50.2 Å². The summed E-state index contributed by atoms with van der Waals surface area (Å²) in [7, 11) is 1.58. The molecule has 2 saturated heterocycles. The number of ether oxygens (including phenoxy) is 3. The molecule has 0 saturated carbocycles. The van der Waals surface area contributed by atoms with Crippen LogP contribution in [0.5, 0.6) is 0 Å². The molecule has 0 aliphatic carbocycles. The third kappa shape index (κ3) is 10.6. The summed E-state index contributed by atoms with van der Waals surface area (Å²) < 4.78 is 17.7. The van der Waals surface area contributed by atoms with Crippen molar-refractivity contribution in [3.05, 3.63) is 84.6 Å². The van der Waals surface area contributed by atoms with Gasteiger partial charge in [-0.3, -0.25) is 4.79 Å². The Kier molecular flexibility index (Phi) is 16.3. The van der Waals surface area contributed by atoms with E-state index in [0.29, 0.717) is 6.42 Å². The minimum atomic E-state index is -2.55. The second kappa shape index (κ2) is 19.1. The van der Waals surface area contributed by atoms with Gasteiger partial charge in [0.05, 0.1) is 37.1 Å². The van der Waals surface area contributed by atoms with Gasteiger partial charge in [-0.1, -0.05) is 93.7 Å². The smallest absolute Gasteiger partial charge is 0.328 e. The number of rotatable bonds is 16. The first kappa shape index (κ1) is 41.0. The highest BCUT2D eigenvalue weighted by Gasteiger charge is 2.60. The number of amides is 1. The second-order valence-corrected chi connectivity index (χ2v) is 12.7. The number of carbonyl (C=O) groups is 2. The molecule has 12 heteroatoms. The lowest BCUT2D eigenvalue weighted by Crippen LogP contribution is -2.69. The molecule has 0 spiro atoms. The zero-order chi connectivity index (χ0) is 36.1. The first-order valence-electron chi connectivity index (χ1n) is 16.0. The van der Waals surface area contributed by atoms with E-state index in [2.05, 4.69) is 5.32 Å². The van der Waals surface area contributed by atoms with Crippen LogP contribution in [0.25, 0.3) is 0 Å². The minimum Gasteiger partial charge on any atom is -0.478 e. The molecule has 48 heavy (non-hydrogen) atoms. The van der Waals surface area contributed by atoms with Crippen LogP contribution in [0.4, 0.5) is 0 Å². The largest absolute Gasteiger partial charge is 0.478 e. The summed E-state index contributed by atoms with van der Waals surface area (Å²) in [6, 6.07) is 0. The van der Waals surface area contributed by atoms with Crippen LogP contribution in [0.15, 0.2) is 84.6 Å². The number of aliphatic hydroxyl groups is 5. The van der Waals surface area contributed by atoms with Crippen molar-refractivity contribution >= 4 is 11.9 Å². The quantitative estimate of drug-likeness (QED) is 0.0935. The molecule has 2 fully saturated rings. The summed E-state index contributed by atoms with van der Waals surface area (Å²) >= 11 is 0. The van der Waals surface area contributed by atoms with E-state index in [9.17, 15) is 35.1 Å². The lowest BCUT2D eigenvalue weighted by Gasteiger charge is -2.52. The maximum absolute atomic E-state index is 13.1. The predicted octanol–water partition coefficient (Wildman–Crippen LogP) is 2.10. The summed E-state index contributed by atoms with van der Waals surface area (Å²) in [5.74, 6) is -6.08. The van der Waals surface area contributed by atoms with Crippen LogP contribution in [0.3, 0.4) is 0 Å². The van der Waals surface area contributed by atoms with E-state index >= 15 is 0 Å². The van der Waals surface area contributed by atoms with Crippen LogP contribution < -0.4 is 5.32 Å². The van der Waals surface area contributed by atoms with Gasteiger partial charge in [0.1, 0.15) is 18.1 Å². The van der Waals surface area contributed by atoms with Crippen LogP contribution in [0.2, 0.25) is 0 Å². The van der Waals surface area contributed by atoms with E-state index in [0.717, 1.165) is 11.6 Å². The number of hydrogen-bond acceptors (Lipinski definition) is 10. The maximum atomic E-state index is 13.1. The normalized spacial score (nSPS) is 31.9. The topological polar surface area (TPSA) is 195 Å². The number of nitrogens with one attached hydrogen (secondary N) is 1. The molecule has 0 bridgehead atoms. The van der Waals surface area contributed by atoms with E-state index < -0.39 is 66.1 Å². The number of carbonyl (C=O) groups excluding carboxylic acids is 1. The first-order chi connectivity index (χ1) is 22.6. The summed E-state index contributed by atoms with van der Waals surface area (Å²) in [6.07, 6.45) is 15.4. The lowest BCUT2D eigenvalue weighted by atomic mass is 9.71. The van der Waals surface area contributed by atoms with E-state index in [1.54, 1.807) is 81.7 Å². The number of allylic oxidation sites excluding steroid dienone is 9. The standard InChI is InChI=1S/C36H53NO11/c1-7-8-11-18-29-35(4,5)32(42)33(43)36(45,48-29)25(22-38)34(44)37-20-15-14-16-23(2)31(46-6)24(3)28-21-26(39)27(47-28)17-12-9-10-13-19-30(40)41/h7-19,24-29,31-33,38-39,42-43,45H,20-22H2,1-6H3,(H,37,44)(H,40,41)/b8-7-,10-9+,15-14+,17-12+,18-11+,19-13+,23-16+/t24?,25-,26?,27?,28?,29+,31?,32+,33-,36-/m1/s1. The molecule has 0 aromatic carbocycles. The Bertz CT molecular complexity index is 1270. The Morgan fingerprint density at radius 1 is 1.02 bits per heavy atom. The number of aliphatic carboxylic acids is 1. The van der Waals surface area contributed by atoms with Gasteiger partial charge >= 0.3 is 5.97 Å². The highest BCUT2D eigenvalue weighted by atomic mass is 16.7. The SMILES string of the molecule is C/C=C\C=C\[C@@H]1O[C@](O)([C@H](CO)C(=O)NC/C=C/C=C(\C)C(OC)C(C)C2CC(O)C(/C=C/C=C/C=C/C(=O)O)O2)[C@H](O)[C@H](O)C1(C)C.